The van der Waals surface area contributed by atoms with Crippen LogP contribution in [0.15, 0.2) is 48.7 Å². The molecule has 4 rings (SSSR count). The van der Waals surface area contributed by atoms with Crippen LogP contribution in [0, 0.1) is 5.82 Å². The van der Waals surface area contributed by atoms with Crippen molar-refractivity contribution in [1.82, 2.24) is 20.1 Å². The van der Waals surface area contributed by atoms with Crippen molar-refractivity contribution in [3.8, 4) is 17.1 Å². The minimum absolute atomic E-state index is 0.142. The van der Waals surface area contributed by atoms with E-state index in [1.165, 1.54) is 17.0 Å². The van der Waals surface area contributed by atoms with Gasteiger partial charge in [-0.2, -0.15) is 18.3 Å². The molecule has 29 heavy (non-hydrogen) atoms. The summed E-state index contributed by atoms with van der Waals surface area (Å²) in [7, 11) is 0. The zero-order chi connectivity index (χ0) is 20.6. The van der Waals surface area contributed by atoms with Gasteiger partial charge in [-0.1, -0.05) is 0 Å². The maximum atomic E-state index is 13.0. The summed E-state index contributed by atoms with van der Waals surface area (Å²) in [4.78, 5) is 17.7. The van der Waals surface area contributed by atoms with Crippen LogP contribution in [0.25, 0.3) is 11.3 Å². The fourth-order valence-corrected chi connectivity index (χ4v) is 2.87. The number of aromatic amines is 1. The van der Waals surface area contributed by atoms with Crippen LogP contribution in [0.2, 0.25) is 0 Å². The van der Waals surface area contributed by atoms with Crippen LogP contribution in [-0.4, -0.2) is 45.2 Å². The van der Waals surface area contributed by atoms with Gasteiger partial charge in [0.1, 0.15) is 17.6 Å². The predicted molar refractivity (Wildman–Crippen MR) is 93.5 cm³/mol. The van der Waals surface area contributed by atoms with E-state index in [1.807, 2.05) is 0 Å². The monoisotopic (exact) mass is 406 g/mol. The van der Waals surface area contributed by atoms with Crippen LogP contribution in [0.4, 0.5) is 17.6 Å². The van der Waals surface area contributed by atoms with E-state index < -0.39 is 17.8 Å². The number of halogens is 4. The van der Waals surface area contributed by atoms with Gasteiger partial charge < -0.3 is 9.64 Å². The van der Waals surface area contributed by atoms with Crippen LogP contribution in [0.3, 0.4) is 0 Å². The number of nitrogens with one attached hydrogen (secondary N) is 1. The Hall–Kier alpha value is -3.43. The van der Waals surface area contributed by atoms with E-state index in [2.05, 4.69) is 15.2 Å². The third kappa shape index (κ3) is 4.05. The van der Waals surface area contributed by atoms with Gasteiger partial charge in [-0.15, -0.1) is 0 Å². The second-order valence-corrected chi connectivity index (χ2v) is 6.50. The van der Waals surface area contributed by atoms with E-state index in [0.29, 0.717) is 11.3 Å². The highest BCUT2D eigenvalue weighted by Gasteiger charge is 2.35. The number of rotatable bonds is 4. The molecule has 1 fully saturated rings. The molecule has 1 aliphatic rings. The fraction of sp³-hybridized carbons (Fsp3) is 0.211. The van der Waals surface area contributed by atoms with E-state index in [1.54, 1.807) is 18.2 Å². The van der Waals surface area contributed by atoms with Crippen LogP contribution >= 0.6 is 0 Å². The van der Waals surface area contributed by atoms with E-state index >= 15 is 0 Å². The molecule has 0 unspecified atom stereocenters. The summed E-state index contributed by atoms with van der Waals surface area (Å²) in [5, 5.41) is 6.70. The second-order valence-electron chi connectivity index (χ2n) is 6.50. The average molecular weight is 406 g/mol. The number of amides is 1. The van der Waals surface area contributed by atoms with E-state index in [9.17, 15) is 22.4 Å². The fourth-order valence-electron chi connectivity index (χ4n) is 2.87. The van der Waals surface area contributed by atoms with Gasteiger partial charge in [-0.25, -0.2) is 9.37 Å². The smallest absolute Gasteiger partial charge is 0.416 e. The third-order valence-corrected chi connectivity index (χ3v) is 4.43. The normalized spacial score (nSPS) is 14.6. The van der Waals surface area contributed by atoms with Gasteiger partial charge in [0.05, 0.1) is 24.3 Å². The lowest BCUT2D eigenvalue weighted by Gasteiger charge is -2.38. The molecule has 1 amide bonds. The number of aromatic nitrogens is 3. The number of H-pyrrole nitrogens is 1. The highest BCUT2D eigenvalue weighted by molar-refractivity contribution is 5.94. The van der Waals surface area contributed by atoms with Gasteiger partial charge in [-0.3, -0.25) is 9.89 Å². The number of hydrogen-bond acceptors (Lipinski definition) is 4. The van der Waals surface area contributed by atoms with Gasteiger partial charge >= 0.3 is 6.18 Å². The summed E-state index contributed by atoms with van der Waals surface area (Å²) in [6, 6.07) is 8.94. The summed E-state index contributed by atoms with van der Waals surface area (Å²) in [6.07, 6.45) is -3.90. The van der Waals surface area contributed by atoms with Crippen molar-refractivity contribution in [2.75, 3.05) is 13.1 Å². The molecular weight excluding hydrogens is 392 g/mol. The lowest BCUT2D eigenvalue weighted by molar-refractivity contribution is -0.137. The molecule has 1 N–H and O–H groups in total. The molecule has 0 radical (unpaired) electrons. The molecule has 0 aliphatic carbocycles. The molecule has 0 bridgehead atoms. The summed E-state index contributed by atoms with van der Waals surface area (Å²) in [5.74, 6) is -0.831. The first-order valence-corrected chi connectivity index (χ1v) is 8.60. The van der Waals surface area contributed by atoms with Crippen molar-refractivity contribution in [2.45, 2.75) is 12.3 Å². The second kappa shape index (κ2) is 7.19. The lowest BCUT2D eigenvalue weighted by atomic mass is 10.1. The maximum Gasteiger partial charge on any atom is 0.416 e. The largest absolute Gasteiger partial charge is 0.471 e. The van der Waals surface area contributed by atoms with Crippen molar-refractivity contribution in [2.24, 2.45) is 0 Å². The Morgan fingerprint density at radius 2 is 1.86 bits per heavy atom. The SMILES string of the molecule is O=C(c1cc(-c2ccc(F)cc2)n[nH]1)N1CC(Oc2cc(C(F)(F)F)ccn2)C1. The maximum absolute atomic E-state index is 13.0. The topological polar surface area (TPSA) is 71.1 Å². The predicted octanol–water partition coefficient (Wildman–Crippen LogP) is 3.53. The number of benzene rings is 1. The number of alkyl halides is 3. The van der Waals surface area contributed by atoms with Gasteiger partial charge in [0, 0.05) is 17.8 Å². The molecule has 0 saturated carbocycles. The molecule has 150 valence electrons. The van der Waals surface area contributed by atoms with E-state index in [4.69, 9.17) is 4.74 Å². The number of carbonyl (C=O) groups excluding carboxylic acids is 1. The van der Waals surface area contributed by atoms with Gasteiger partial charge in [0.2, 0.25) is 5.88 Å². The Morgan fingerprint density at radius 1 is 1.14 bits per heavy atom. The summed E-state index contributed by atoms with van der Waals surface area (Å²) in [6.45, 7) is 0.420. The summed E-state index contributed by atoms with van der Waals surface area (Å²) in [5.41, 5.74) is 0.553. The van der Waals surface area contributed by atoms with Crippen LogP contribution in [0.1, 0.15) is 16.1 Å². The highest BCUT2D eigenvalue weighted by Crippen LogP contribution is 2.31. The van der Waals surface area contributed by atoms with Crippen LogP contribution in [-0.2, 0) is 6.18 Å². The Bertz CT molecular complexity index is 1030. The van der Waals surface area contributed by atoms with Crippen LogP contribution in [0.5, 0.6) is 5.88 Å². The standard InChI is InChI=1S/C19H14F4N4O2/c20-13-3-1-11(2-4-13)15-8-16(26-25-15)18(28)27-9-14(10-27)29-17-7-12(5-6-24-17)19(21,22)23/h1-8,14H,9-10H2,(H,25,26). The Morgan fingerprint density at radius 3 is 2.55 bits per heavy atom. The molecule has 3 heterocycles. The van der Waals surface area contributed by atoms with Crippen molar-refractivity contribution in [3.05, 3.63) is 65.7 Å². The number of carbonyl (C=O) groups is 1. The zero-order valence-corrected chi connectivity index (χ0v) is 14.8. The van der Waals surface area contributed by atoms with Crippen molar-refractivity contribution < 1.29 is 27.1 Å². The molecule has 3 aromatic rings. The molecule has 0 spiro atoms. The zero-order valence-electron chi connectivity index (χ0n) is 14.8. The molecule has 1 aliphatic heterocycles. The third-order valence-electron chi connectivity index (χ3n) is 4.43. The summed E-state index contributed by atoms with van der Waals surface area (Å²) < 4.78 is 56.6. The van der Waals surface area contributed by atoms with Crippen molar-refractivity contribution in [1.29, 1.82) is 0 Å². The summed E-state index contributed by atoms with van der Waals surface area (Å²) >= 11 is 0. The number of hydrogen-bond donors (Lipinski definition) is 1. The first kappa shape index (κ1) is 18.9. The Kier molecular flexibility index (Phi) is 4.69. The first-order chi connectivity index (χ1) is 13.8. The molecule has 10 heteroatoms. The van der Waals surface area contributed by atoms with E-state index in [-0.39, 0.29) is 36.4 Å². The minimum Gasteiger partial charge on any atom is -0.471 e. The van der Waals surface area contributed by atoms with Crippen molar-refractivity contribution >= 4 is 5.91 Å². The van der Waals surface area contributed by atoms with Gasteiger partial charge in [0.25, 0.3) is 5.91 Å². The number of pyridine rings is 1. The van der Waals surface area contributed by atoms with Crippen molar-refractivity contribution in [3.63, 3.8) is 0 Å². The van der Waals surface area contributed by atoms with Crippen LogP contribution < -0.4 is 4.74 Å². The molecule has 2 aromatic heterocycles. The van der Waals surface area contributed by atoms with Gasteiger partial charge in [0.15, 0.2) is 0 Å². The number of ether oxygens (including phenoxy) is 1. The number of nitrogens with zero attached hydrogens (tertiary/aromatic N) is 3. The lowest BCUT2D eigenvalue weighted by Crippen LogP contribution is -2.56. The number of likely N-dealkylation sites (tertiary alicyclic amines) is 1. The first-order valence-electron chi connectivity index (χ1n) is 8.60. The Labute approximate surface area is 162 Å². The Balaban J connectivity index is 1.36. The average Bonchev–Trinajstić information content (AvgIpc) is 3.14. The highest BCUT2D eigenvalue weighted by atomic mass is 19.4. The van der Waals surface area contributed by atoms with Gasteiger partial charge in [-0.05, 0) is 36.4 Å². The molecule has 0 atom stereocenters. The quantitative estimate of drug-likeness (QED) is 0.673. The van der Waals surface area contributed by atoms with E-state index in [0.717, 1.165) is 18.3 Å². The molecular formula is C19H14F4N4O2. The minimum atomic E-state index is -4.48. The molecule has 1 saturated heterocycles. The molecule has 1 aromatic carbocycles. The molecule has 6 nitrogen and oxygen atoms in total.